The van der Waals surface area contributed by atoms with E-state index in [1.807, 2.05) is 0 Å². The van der Waals surface area contributed by atoms with Gasteiger partial charge >= 0.3 is 0 Å². The van der Waals surface area contributed by atoms with Crippen LogP contribution in [0.5, 0.6) is 5.88 Å². The van der Waals surface area contributed by atoms with Crippen LogP contribution in [0.1, 0.15) is 25.7 Å². The molecule has 4 heteroatoms. The molecule has 3 nitrogen and oxygen atoms in total. The van der Waals surface area contributed by atoms with Gasteiger partial charge < -0.3 is 10.1 Å². The van der Waals surface area contributed by atoms with Gasteiger partial charge in [-0.25, -0.2) is 9.37 Å². The molecule has 0 aliphatic carbocycles. The SMILES string of the molecule is Fc1ccc(OCCC2CCCCN2)nc1. The van der Waals surface area contributed by atoms with Crippen molar-refractivity contribution in [3.8, 4) is 5.88 Å². The molecule has 1 saturated heterocycles. The maximum absolute atomic E-state index is 12.6. The second-order valence-electron chi connectivity index (χ2n) is 4.10. The van der Waals surface area contributed by atoms with Crippen LogP contribution in [0.2, 0.25) is 0 Å². The Balaban J connectivity index is 1.69. The monoisotopic (exact) mass is 224 g/mol. The smallest absolute Gasteiger partial charge is 0.213 e. The summed E-state index contributed by atoms with van der Waals surface area (Å²) in [5, 5.41) is 3.45. The lowest BCUT2D eigenvalue weighted by atomic mass is 10.0. The van der Waals surface area contributed by atoms with E-state index in [-0.39, 0.29) is 5.82 Å². The van der Waals surface area contributed by atoms with Gasteiger partial charge in [0.05, 0.1) is 12.8 Å². The molecule has 0 spiro atoms. The molecule has 2 heterocycles. The van der Waals surface area contributed by atoms with Crippen molar-refractivity contribution < 1.29 is 9.13 Å². The average Bonchev–Trinajstić information content (AvgIpc) is 2.33. The summed E-state index contributed by atoms with van der Waals surface area (Å²) in [6.07, 6.45) is 5.96. The van der Waals surface area contributed by atoms with Gasteiger partial charge in [-0.3, -0.25) is 0 Å². The second kappa shape index (κ2) is 5.80. The largest absolute Gasteiger partial charge is 0.478 e. The third kappa shape index (κ3) is 3.45. The van der Waals surface area contributed by atoms with E-state index in [0.29, 0.717) is 18.5 Å². The van der Waals surface area contributed by atoms with Crippen molar-refractivity contribution in [3.63, 3.8) is 0 Å². The van der Waals surface area contributed by atoms with E-state index in [1.165, 1.54) is 31.5 Å². The number of ether oxygens (including phenoxy) is 1. The standard InChI is InChI=1S/C12H17FN2O/c13-10-4-5-12(15-9-10)16-8-6-11-3-1-2-7-14-11/h4-5,9,11,14H,1-3,6-8H2. The molecule has 0 radical (unpaired) electrons. The van der Waals surface area contributed by atoms with Gasteiger partial charge in [0.15, 0.2) is 0 Å². The number of rotatable bonds is 4. The first kappa shape index (κ1) is 11.3. The van der Waals surface area contributed by atoms with Crippen molar-refractivity contribution in [2.24, 2.45) is 0 Å². The van der Waals surface area contributed by atoms with Crippen LogP contribution in [0.15, 0.2) is 18.3 Å². The summed E-state index contributed by atoms with van der Waals surface area (Å²) < 4.78 is 18.0. The zero-order valence-corrected chi connectivity index (χ0v) is 9.29. The number of nitrogens with zero attached hydrogens (tertiary/aromatic N) is 1. The summed E-state index contributed by atoms with van der Waals surface area (Å²) >= 11 is 0. The molecule has 1 fully saturated rings. The molecular weight excluding hydrogens is 207 g/mol. The lowest BCUT2D eigenvalue weighted by molar-refractivity contribution is 0.260. The molecule has 2 rings (SSSR count). The number of nitrogens with one attached hydrogen (secondary N) is 1. The normalized spacial score (nSPS) is 20.7. The minimum atomic E-state index is -0.332. The molecule has 1 aromatic heterocycles. The van der Waals surface area contributed by atoms with Gasteiger partial charge in [0.2, 0.25) is 5.88 Å². The fourth-order valence-electron chi connectivity index (χ4n) is 1.92. The highest BCUT2D eigenvalue weighted by molar-refractivity contribution is 5.10. The maximum Gasteiger partial charge on any atom is 0.213 e. The van der Waals surface area contributed by atoms with Crippen molar-refractivity contribution in [1.82, 2.24) is 10.3 Å². The number of hydrogen-bond acceptors (Lipinski definition) is 3. The highest BCUT2D eigenvalue weighted by Gasteiger charge is 2.12. The Kier molecular flexibility index (Phi) is 4.10. The molecule has 88 valence electrons. The molecule has 0 bridgehead atoms. The van der Waals surface area contributed by atoms with Crippen LogP contribution in [0.3, 0.4) is 0 Å². The first-order valence-electron chi connectivity index (χ1n) is 5.82. The number of aromatic nitrogens is 1. The van der Waals surface area contributed by atoms with Crippen LogP contribution < -0.4 is 10.1 Å². The van der Waals surface area contributed by atoms with Crippen molar-refractivity contribution in [2.75, 3.05) is 13.2 Å². The zero-order chi connectivity index (χ0) is 11.2. The fraction of sp³-hybridized carbons (Fsp3) is 0.583. The quantitative estimate of drug-likeness (QED) is 0.850. The number of hydrogen-bond donors (Lipinski definition) is 1. The summed E-state index contributed by atoms with van der Waals surface area (Å²) in [6.45, 7) is 1.75. The van der Waals surface area contributed by atoms with E-state index < -0.39 is 0 Å². The Labute approximate surface area is 95.0 Å². The van der Waals surface area contributed by atoms with Gasteiger partial charge in [-0.15, -0.1) is 0 Å². The molecule has 0 amide bonds. The van der Waals surface area contributed by atoms with Crippen LogP contribution in [0.4, 0.5) is 4.39 Å². The fourth-order valence-corrected chi connectivity index (χ4v) is 1.92. The van der Waals surface area contributed by atoms with E-state index in [4.69, 9.17) is 4.74 Å². The molecule has 1 N–H and O–H groups in total. The van der Waals surface area contributed by atoms with Crippen molar-refractivity contribution in [2.45, 2.75) is 31.7 Å². The van der Waals surface area contributed by atoms with E-state index in [0.717, 1.165) is 13.0 Å². The first-order chi connectivity index (χ1) is 7.84. The third-order valence-corrected chi connectivity index (χ3v) is 2.83. The van der Waals surface area contributed by atoms with Gasteiger partial charge in [0.1, 0.15) is 5.82 Å². The van der Waals surface area contributed by atoms with Crippen LogP contribution in [-0.4, -0.2) is 24.2 Å². The molecule has 0 saturated carbocycles. The predicted octanol–water partition coefficient (Wildman–Crippen LogP) is 2.13. The van der Waals surface area contributed by atoms with Crippen molar-refractivity contribution in [1.29, 1.82) is 0 Å². The van der Waals surface area contributed by atoms with E-state index in [9.17, 15) is 4.39 Å². The Morgan fingerprint density at radius 2 is 2.38 bits per heavy atom. The summed E-state index contributed by atoms with van der Waals surface area (Å²) in [5.41, 5.74) is 0. The third-order valence-electron chi connectivity index (χ3n) is 2.83. The molecule has 16 heavy (non-hydrogen) atoms. The van der Waals surface area contributed by atoms with E-state index in [2.05, 4.69) is 10.3 Å². The molecule has 1 atom stereocenters. The van der Waals surface area contributed by atoms with E-state index >= 15 is 0 Å². The minimum Gasteiger partial charge on any atom is -0.478 e. The highest BCUT2D eigenvalue weighted by atomic mass is 19.1. The van der Waals surface area contributed by atoms with Crippen LogP contribution in [-0.2, 0) is 0 Å². The summed E-state index contributed by atoms with van der Waals surface area (Å²) in [6, 6.07) is 3.49. The lowest BCUT2D eigenvalue weighted by Gasteiger charge is -2.23. The molecule has 1 aliphatic rings. The van der Waals surface area contributed by atoms with Gasteiger partial charge in [-0.05, 0) is 31.9 Å². The number of piperidine rings is 1. The van der Waals surface area contributed by atoms with Gasteiger partial charge in [-0.1, -0.05) is 6.42 Å². The van der Waals surface area contributed by atoms with Crippen LogP contribution in [0, 0.1) is 5.82 Å². The first-order valence-corrected chi connectivity index (χ1v) is 5.82. The summed E-state index contributed by atoms with van der Waals surface area (Å²) in [7, 11) is 0. The van der Waals surface area contributed by atoms with Crippen LogP contribution in [0.25, 0.3) is 0 Å². The Hall–Kier alpha value is -1.16. The molecule has 1 aliphatic heterocycles. The zero-order valence-electron chi connectivity index (χ0n) is 9.29. The number of halogens is 1. The molecule has 0 aromatic carbocycles. The van der Waals surface area contributed by atoms with Gasteiger partial charge in [0.25, 0.3) is 0 Å². The van der Waals surface area contributed by atoms with Crippen molar-refractivity contribution in [3.05, 3.63) is 24.1 Å². The Morgan fingerprint density at radius 1 is 1.44 bits per heavy atom. The molecular formula is C12H17FN2O. The van der Waals surface area contributed by atoms with Crippen molar-refractivity contribution >= 4 is 0 Å². The van der Waals surface area contributed by atoms with Gasteiger partial charge in [0, 0.05) is 12.1 Å². The summed E-state index contributed by atoms with van der Waals surface area (Å²) in [5.74, 6) is 0.165. The van der Waals surface area contributed by atoms with E-state index in [1.54, 1.807) is 6.07 Å². The Morgan fingerprint density at radius 3 is 3.06 bits per heavy atom. The Bertz CT molecular complexity index is 309. The summed E-state index contributed by atoms with van der Waals surface area (Å²) in [4.78, 5) is 3.84. The number of pyridine rings is 1. The van der Waals surface area contributed by atoms with Gasteiger partial charge in [-0.2, -0.15) is 0 Å². The predicted molar refractivity (Wildman–Crippen MR) is 59.9 cm³/mol. The second-order valence-corrected chi connectivity index (χ2v) is 4.10. The lowest BCUT2D eigenvalue weighted by Crippen LogP contribution is -2.35. The molecule has 1 unspecified atom stereocenters. The minimum absolute atomic E-state index is 0.332. The average molecular weight is 224 g/mol. The maximum atomic E-state index is 12.6. The molecule has 1 aromatic rings. The topological polar surface area (TPSA) is 34.1 Å². The van der Waals surface area contributed by atoms with Crippen LogP contribution >= 0.6 is 0 Å². The highest BCUT2D eigenvalue weighted by Crippen LogP contribution is 2.11.